The first-order valence-corrected chi connectivity index (χ1v) is 10.5. The molecular formula is C18H19N3O3S2. The van der Waals surface area contributed by atoms with Crippen molar-refractivity contribution < 1.29 is 13.2 Å². The quantitative estimate of drug-likeness (QED) is 0.654. The van der Waals surface area contributed by atoms with E-state index in [1.165, 1.54) is 12.1 Å². The van der Waals surface area contributed by atoms with E-state index in [9.17, 15) is 8.42 Å². The summed E-state index contributed by atoms with van der Waals surface area (Å²) < 4.78 is 30.2. The Bertz CT molecular complexity index is 995. The molecule has 0 aliphatic rings. The van der Waals surface area contributed by atoms with E-state index in [1.54, 1.807) is 37.2 Å². The maximum Gasteiger partial charge on any atom is 0.238 e. The minimum absolute atomic E-state index is 0.0833. The highest BCUT2D eigenvalue weighted by Crippen LogP contribution is 2.31. The van der Waals surface area contributed by atoms with Crippen LogP contribution in [0.5, 0.6) is 5.75 Å². The van der Waals surface area contributed by atoms with Crippen LogP contribution in [0.1, 0.15) is 6.92 Å². The van der Waals surface area contributed by atoms with Crippen molar-refractivity contribution in [3.63, 3.8) is 0 Å². The number of imidazole rings is 1. The lowest BCUT2D eigenvalue weighted by molar-refractivity contribution is 0.414. The Morgan fingerprint density at radius 3 is 2.31 bits per heavy atom. The molecular weight excluding hydrogens is 370 g/mol. The minimum atomic E-state index is -3.72. The Morgan fingerprint density at radius 2 is 1.77 bits per heavy atom. The number of hydrogen-bond donors (Lipinski definition) is 1. The Hall–Kier alpha value is -2.29. The topological polar surface area (TPSA) is 87.2 Å². The maximum absolute atomic E-state index is 11.5. The van der Waals surface area contributed by atoms with Crippen molar-refractivity contribution >= 4 is 21.8 Å². The molecule has 0 unspecified atom stereocenters. The molecule has 6 nitrogen and oxygen atoms in total. The summed E-state index contributed by atoms with van der Waals surface area (Å²) in [5.41, 5.74) is 2.67. The molecule has 0 aliphatic carbocycles. The molecule has 0 spiro atoms. The van der Waals surface area contributed by atoms with Gasteiger partial charge >= 0.3 is 0 Å². The van der Waals surface area contributed by atoms with Gasteiger partial charge in [0.15, 0.2) is 5.16 Å². The molecule has 136 valence electrons. The van der Waals surface area contributed by atoms with Crippen molar-refractivity contribution in [2.24, 2.45) is 5.14 Å². The molecule has 26 heavy (non-hydrogen) atoms. The van der Waals surface area contributed by atoms with Crippen molar-refractivity contribution in [3.8, 4) is 22.7 Å². The standard InChI is InChI=1S/C18H19N3O3S2/c1-3-25-18-20-12-17(13-4-10-16(11-5-13)26(19,22)23)21(18)14-6-8-15(24-2)9-7-14/h4-12H,3H2,1-2H3,(H2,19,22,23). The summed E-state index contributed by atoms with van der Waals surface area (Å²) in [6.45, 7) is 2.07. The number of methoxy groups -OCH3 is 1. The van der Waals surface area contributed by atoms with Gasteiger partial charge in [0.25, 0.3) is 0 Å². The molecule has 0 radical (unpaired) electrons. The first-order valence-electron chi connectivity index (χ1n) is 7.92. The van der Waals surface area contributed by atoms with E-state index >= 15 is 0 Å². The van der Waals surface area contributed by atoms with Crippen molar-refractivity contribution in [1.82, 2.24) is 9.55 Å². The van der Waals surface area contributed by atoms with Crippen molar-refractivity contribution in [3.05, 3.63) is 54.7 Å². The summed E-state index contributed by atoms with van der Waals surface area (Å²) in [5, 5.41) is 6.04. The van der Waals surface area contributed by atoms with Gasteiger partial charge < -0.3 is 4.74 Å². The third-order valence-electron chi connectivity index (χ3n) is 3.81. The fourth-order valence-corrected chi connectivity index (χ4v) is 3.80. The molecule has 0 amide bonds. The number of rotatable bonds is 6. The van der Waals surface area contributed by atoms with Gasteiger partial charge in [-0.1, -0.05) is 30.8 Å². The average Bonchev–Trinajstić information content (AvgIpc) is 3.05. The zero-order chi connectivity index (χ0) is 18.7. The summed E-state index contributed by atoms with van der Waals surface area (Å²) in [4.78, 5) is 4.61. The molecule has 1 aromatic heterocycles. The molecule has 8 heteroatoms. The fraction of sp³-hybridized carbons (Fsp3) is 0.167. The van der Waals surface area contributed by atoms with Crippen LogP contribution in [0.15, 0.2) is 64.8 Å². The van der Waals surface area contributed by atoms with E-state index in [0.717, 1.165) is 33.6 Å². The lowest BCUT2D eigenvalue weighted by Gasteiger charge is -2.12. The first kappa shape index (κ1) is 18.5. The predicted octanol–water partition coefficient (Wildman–Crippen LogP) is 3.31. The van der Waals surface area contributed by atoms with Crippen LogP contribution in [0.3, 0.4) is 0 Å². The summed E-state index contributed by atoms with van der Waals surface area (Å²) in [6, 6.07) is 14.2. The van der Waals surface area contributed by atoms with Gasteiger partial charge in [-0.2, -0.15) is 0 Å². The molecule has 0 saturated carbocycles. The van der Waals surface area contributed by atoms with Gasteiger partial charge in [0, 0.05) is 11.3 Å². The number of nitrogens with two attached hydrogens (primary N) is 1. The monoisotopic (exact) mass is 389 g/mol. The second-order valence-electron chi connectivity index (χ2n) is 5.46. The largest absolute Gasteiger partial charge is 0.497 e. The van der Waals surface area contributed by atoms with E-state index in [-0.39, 0.29) is 4.90 Å². The number of benzene rings is 2. The maximum atomic E-state index is 11.5. The van der Waals surface area contributed by atoms with Crippen molar-refractivity contribution in [2.75, 3.05) is 12.9 Å². The third kappa shape index (κ3) is 3.77. The molecule has 0 saturated heterocycles. The van der Waals surface area contributed by atoms with E-state index in [4.69, 9.17) is 9.88 Å². The third-order valence-corrected chi connectivity index (χ3v) is 5.58. The normalized spacial score (nSPS) is 11.5. The van der Waals surface area contributed by atoms with Crippen LogP contribution >= 0.6 is 11.8 Å². The van der Waals surface area contributed by atoms with Gasteiger partial charge in [-0.15, -0.1) is 0 Å². The molecule has 0 fully saturated rings. The first-order chi connectivity index (χ1) is 12.4. The highest BCUT2D eigenvalue weighted by atomic mass is 32.2. The Labute approximate surface area is 157 Å². The highest BCUT2D eigenvalue weighted by Gasteiger charge is 2.15. The summed E-state index contributed by atoms with van der Waals surface area (Å²) >= 11 is 1.63. The van der Waals surface area contributed by atoms with Gasteiger partial charge in [-0.3, -0.25) is 4.57 Å². The Kier molecular flexibility index (Phi) is 5.36. The predicted molar refractivity (Wildman–Crippen MR) is 103 cm³/mol. The number of primary sulfonamides is 1. The number of thioether (sulfide) groups is 1. The number of hydrogen-bond acceptors (Lipinski definition) is 5. The zero-order valence-corrected chi connectivity index (χ0v) is 16.0. The summed E-state index contributed by atoms with van der Waals surface area (Å²) in [5.74, 6) is 1.66. The van der Waals surface area contributed by atoms with E-state index in [2.05, 4.69) is 11.9 Å². The number of sulfonamides is 1. The number of ether oxygens (including phenoxy) is 1. The van der Waals surface area contributed by atoms with Gasteiger partial charge in [-0.25, -0.2) is 18.5 Å². The van der Waals surface area contributed by atoms with Crippen LogP contribution in [-0.2, 0) is 10.0 Å². The molecule has 0 atom stereocenters. The molecule has 3 rings (SSSR count). The van der Waals surface area contributed by atoms with Crippen LogP contribution in [0.2, 0.25) is 0 Å². The Morgan fingerprint density at radius 1 is 1.12 bits per heavy atom. The molecule has 0 bridgehead atoms. The number of aromatic nitrogens is 2. The molecule has 0 aliphatic heterocycles. The fourth-order valence-electron chi connectivity index (χ4n) is 2.57. The molecule has 2 N–H and O–H groups in total. The zero-order valence-electron chi connectivity index (χ0n) is 14.4. The summed E-state index contributed by atoms with van der Waals surface area (Å²) in [6.07, 6.45) is 1.79. The van der Waals surface area contributed by atoms with Crippen LogP contribution in [-0.4, -0.2) is 30.8 Å². The lowest BCUT2D eigenvalue weighted by atomic mass is 10.1. The molecule has 2 aromatic carbocycles. The van der Waals surface area contributed by atoms with Gasteiger partial charge in [-0.05, 0) is 42.2 Å². The second kappa shape index (κ2) is 7.53. The Balaban J connectivity index is 2.10. The number of nitrogens with zero attached hydrogens (tertiary/aromatic N) is 2. The van der Waals surface area contributed by atoms with Crippen LogP contribution in [0, 0.1) is 0 Å². The van der Waals surface area contributed by atoms with E-state index < -0.39 is 10.0 Å². The van der Waals surface area contributed by atoms with E-state index in [0.29, 0.717) is 0 Å². The minimum Gasteiger partial charge on any atom is -0.497 e. The van der Waals surface area contributed by atoms with Crippen LogP contribution in [0.25, 0.3) is 16.9 Å². The van der Waals surface area contributed by atoms with Gasteiger partial charge in [0.2, 0.25) is 10.0 Å². The van der Waals surface area contributed by atoms with E-state index in [1.807, 2.05) is 28.8 Å². The molecule has 3 aromatic rings. The second-order valence-corrected chi connectivity index (χ2v) is 8.25. The van der Waals surface area contributed by atoms with Crippen molar-refractivity contribution in [2.45, 2.75) is 17.0 Å². The smallest absolute Gasteiger partial charge is 0.238 e. The van der Waals surface area contributed by atoms with Crippen LogP contribution in [0.4, 0.5) is 0 Å². The van der Waals surface area contributed by atoms with Gasteiger partial charge in [0.05, 0.1) is 23.9 Å². The average molecular weight is 390 g/mol. The van der Waals surface area contributed by atoms with Crippen molar-refractivity contribution in [1.29, 1.82) is 0 Å². The van der Waals surface area contributed by atoms with Gasteiger partial charge in [0.1, 0.15) is 5.75 Å². The summed E-state index contributed by atoms with van der Waals surface area (Å²) in [7, 11) is -2.09. The van der Waals surface area contributed by atoms with Crippen LogP contribution < -0.4 is 9.88 Å². The highest BCUT2D eigenvalue weighted by molar-refractivity contribution is 7.99. The molecule has 1 heterocycles. The SMILES string of the molecule is CCSc1ncc(-c2ccc(S(N)(=O)=O)cc2)n1-c1ccc(OC)cc1. The lowest BCUT2D eigenvalue weighted by Crippen LogP contribution is -2.11.